The molecule has 0 aromatic heterocycles. The van der Waals surface area contributed by atoms with Crippen LogP contribution in [0.5, 0.6) is 0 Å². The first kappa shape index (κ1) is 18.2. The molecule has 1 aromatic carbocycles. The zero-order valence-electron chi connectivity index (χ0n) is 13.3. The van der Waals surface area contributed by atoms with Crippen LogP contribution in [0.1, 0.15) is 30.1 Å². The zero-order valence-corrected chi connectivity index (χ0v) is 14.1. The molecule has 2 atom stereocenters. The van der Waals surface area contributed by atoms with E-state index in [-0.39, 0.29) is 29.0 Å². The highest BCUT2D eigenvalue weighted by molar-refractivity contribution is 8.00. The number of primary amides is 1. The molecule has 1 aliphatic rings. The Labute approximate surface area is 143 Å². The van der Waals surface area contributed by atoms with Crippen LogP contribution in [0.3, 0.4) is 0 Å². The van der Waals surface area contributed by atoms with Crippen LogP contribution in [0.4, 0.5) is 5.69 Å². The Kier molecular flexibility index (Phi) is 6.16. The lowest BCUT2D eigenvalue weighted by molar-refractivity contribution is -0.387. The zero-order chi connectivity index (χ0) is 17.7. The second-order valence-corrected chi connectivity index (χ2v) is 6.75. The number of hydrogen-bond acceptors (Lipinski definition) is 6. The van der Waals surface area contributed by atoms with Gasteiger partial charge in [-0.15, -0.1) is 11.8 Å². The van der Waals surface area contributed by atoms with Crippen molar-refractivity contribution in [2.45, 2.75) is 36.7 Å². The topological polar surface area (TPSA) is 127 Å². The van der Waals surface area contributed by atoms with Gasteiger partial charge >= 0.3 is 0 Å². The van der Waals surface area contributed by atoms with E-state index < -0.39 is 10.8 Å². The van der Waals surface area contributed by atoms with Gasteiger partial charge in [-0.1, -0.05) is 0 Å². The van der Waals surface area contributed by atoms with E-state index >= 15 is 0 Å². The highest BCUT2D eigenvalue weighted by Crippen LogP contribution is 2.30. The number of piperidine rings is 1. The molecule has 2 amide bonds. The van der Waals surface area contributed by atoms with E-state index in [0.29, 0.717) is 10.9 Å². The number of nitro benzene ring substituents is 1. The minimum Gasteiger partial charge on any atom is -0.366 e. The van der Waals surface area contributed by atoms with Crippen molar-refractivity contribution in [2.75, 3.05) is 12.3 Å². The highest BCUT2D eigenvalue weighted by atomic mass is 32.2. The Hall–Kier alpha value is -2.13. The van der Waals surface area contributed by atoms with Gasteiger partial charge in [-0.2, -0.15) is 0 Å². The van der Waals surface area contributed by atoms with Crippen molar-refractivity contribution in [1.29, 1.82) is 0 Å². The Morgan fingerprint density at radius 1 is 1.50 bits per heavy atom. The molecule has 1 aromatic rings. The summed E-state index contributed by atoms with van der Waals surface area (Å²) in [6, 6.07) is 4.49. The van der Waals surface area contributed by atoms with E-state index in [4.69, 9.17) is 5.73 Å². The summed E-state index contributed by atoms with van der Waals surface area (Å²) in [5.74, 6) is -0.811. The van der Waals surface area contributed by atoms with E-state index in [9.17, 15) is 19.7 Å². The van der Waals surface area contributed by atoms with Crippen LogP contribution in [0.25, 0.3) is 0 Å². The molecule has 24 heavy (non-hydrogen) atoms. The normalized spacial score (nSPS) is 20.4. The molecule has 8 nitrogen and oxygen atoms in total. The third-order valence-corrected chi connectivity index (χ3v) is 4.85. The second kappa shape index (κ2) is 8.11. The number of amides is 2. The maximum absolute atomic E-state index is 12.1. The van der Waals surface area contributed by atoms with Crippen LogP contribution in [0, 0.1) is 10.1 Å². The molecular weight excluding hydrogens is 332 g/mol. The van der Waals surface area contributed by atoms with E-state index in [1.807, 2.05) is 0 Å². The number of nitro groups is 1. The molecule has 0 radical (unpaired) electrons. The van der Waals surface area contributed by atoms with Crippen molar-refractivity contribution >= 4 is 29.3 Å². The summed E-state index contributed by atoms with van der Waals surface area (Å²) in [6.07, 6.45) is 1.73. The van der Waals surface area contributed by atoms with Crippen LogP contribution in [0.15, 0.2) is 23.1 Å². The van der Waals surface area contributed by atoms with Gasteiger partial charge in [0.05, 0.1) is 15.6 Å². The first-order valence-corrected chi connectivity index (χ1v) is 8.59. The fraction of sp³-hybridized carbons (Fsp3) is 0.467. The highest BCUT2D eigenvalue weighted by Gasteiger charge is 2.21. The quantitative estimate of drug-likeness (QED) is 0.399. The van der Waals surface area contributed by atoms with Gasteiger partial charge in [0.25, 0.3) is 5.69 Å². The summed E-state index contributed by atoms with van der Waals surface area (Å²) < 4.78 is 0. The average molecular weight is 352 g/mol. The largest absolute Gasteiger partial charge is 0.366 e. The van der Waals surface area contributed by atoms with Crippen LogP contribution in [0.2, 0.25) is 0 Å². The number of hydrogen-bond donors (Lipinski definition) is 3. The molecular formula is C15H20N4O4S. The Bertz CT molecular complexity index is 652. The minimum absolute atomic E-state index is 0.0687. The standard InChI is InChI=1S/C15H20N4O4S/c1-9-6-11(4-5-17-9)18-14(20)8-24-13-3-2-10(15(16)21)7-12(13)19(22)23/h2-3,7,9,11,17H,4-6,8H2,1H3,(H2,16,21)(H,18,20). The number of rotatable bonds is 6. The molecule has 1 heterocycles. The summed E-state index contributed by atoms with van der Waals surface area (Å²) in [6.45, 7) is 2.93. The van der Waals surface area contributed by atoms with Gasteiger partial charge in [0.1, 0.15) is 0 Å². The Balaban J connectivity index is 1.96. The number of nitrogens with zero attached hydrogens (tertiary/aromatic N) is 1. The summed E-state index contributed by atoms with van der Waals surface area (Å²) in [5, 5.41) is 17.4. The SMILES string of the molecule is CC1CC(NC(=O)CSc2ccc(C(N)=O)cc2[N+](=O)[O-])CCN1. The van der Waals surface area contributed by atoms with Crippen molar-refractivity contribution in [3.05, 3.63) is 33.9 Å². The second-order valence-electron chi connectivity index (χ2n) is 5.74. The van der Waals surface area contributed by atoms with Crippen LogP contribution < -0.4 is 16.4 Å². The molecule has 130 valence electrons. The van der Waals surface area contributed by atoms with Crippen LogP contribution >= 0.6 is 11.8 Å². The van der Waals surface area contributed by atoms with Crippen LogP contribution in [-0.4, -0.2) is 41.1 Å². The van der Waals surface area contributed by atoms with E-state index in [0.717, 1.165) is 37.2 Å². The Morgan fingerprint density at radius 2 is 2.25 bits per heavy atom. The lowest BCUT2D eigenvalue weighted by Gasteiger charge is -2.28. The van der Waals surface area contributed by atoms with E-state index in [2.05, 4.69) is 17.6 Å². The smallest absolute Gasteiger partial charge is 0.283 e. The predicted molar refractivity (Wildman–Crippen MR) is 91.0 cm³/mol. The maximum Gasteiger partial charge on any atom is 0.283 e. The summed E-state index contributed by atoms with van der Waals surface area (Å²) in [7, 11) is 0. The molecule has 1 saturated heterocycles. The molecule has 4 N–H and O–H groups in total. The molecule has 0 bridgehead atoms. The molecule has 0 spiro atoms. The van der Waals surface area contributed by atoms with Gasteiger partial charge in [0.15, 0.2) is 0 Å². The van der Waals surface area contributed by atoms with E-state index in [1.54, 1.807) is 0 Å². The molecule has 2 unspecified atom stereocenters. The molecule has 1 fully saturated rings. The van der Waals surface area contributed by atoms with Gasteiger partial charge < -0.3 is 16.4 Å². The van der Waals surface area contributed by atoms with Gasteiger partial charge in [0, 0.05) is 23.7 Å². The third-order valence-electron chi connectivity index (χ3n) is 3.79. The molecule has 0 aliphatic carbocycles. The minimum atomic E-state index is -0.729. The van der Waals surface area contributed by atoms with Crippen molar-refractivity contribution in [3.8, 4) is 0 Å². The van der Waals surface area contributed by atoms with E-state index in [1.165, 1.54) is 12.1 Å². The van der Waals surface area contributed by atoms with Gasteiger partial charge in [-0.25, -0.2) is 0 Å². The van der Waals surface area contributed by atoms with Crippen molar-refractivity contribution in [3.63, 3.8) is 0 Å². The average Bonchev–Trinajstić information content (AvgIpc) is 2.52. The molecule has 2 rings (SSSR count). The number of thioether (sulfide) groups is 1. The first-order chi connectivity index (χ1) is 11.4. The van der Waals surface area contributed by atoms with Gasteiger partial charge in [0.2, 0.25) is 11.8 Å². The molecule has 9 heteroatoms. The number of carbonyl (C=O) groups is 2. The lowest BCUT2D eigenvalue weighted by atomic mass is 10.0. The van der Waals surface area contributed by atoms with Crippen LogP contribution in [-0.2, 0) is 4.79 Å². The Morgan fingerprint density at radius 3 is 2.88 bits per heavy atom. The van der Waals surface area contributed by atoms with Crippen molar-refractivity contribution in [1.82, 2.24) is 10.6 Å². The third kappa shape index (κ3) is 4.93. The summed E-state index contributed by atoms with van der Waals surface area (Å²) in [4.78, 5) is 34.1. The fourth-order valence-corrected chi connectivity index (χ4v) is 3.43. The number of nitrogens with two attached hydrogens (primary N) is 1. The fourth-order valence-electron chi connectivity index (χ4n) is 2.61. The van der Waals surface area contributed by atoms with Gasteiger partial charge in [-0.3, -0.25) is 19.7 Å². The molecule has 0 saturated carbocycles. The maximum atomic E-state index is 12.1. The number of nitrogens with one attached hydrogen (secondary N) is 2. The van der Waals surface area contributed by atoms with Crippen molar-refractivity contribution < 1.29 is 14.5 Å². The molecule has 1 aliphatic heterocycles. The number of benzene rings is 1. The lowest BCUT2D eigenvalue weighted by Crippen LogP contribution is -2.47. The summed E-state index contributed by atoms with van der Waals surface area (Å²) in [5.41, 5.74) is 4.98. The number of carbonyl (C=O) groups excluding carboxylic acids is 2. The van der Waals surface area contributed by atoms with Crippen molar-refractivity contribution in [2.24, 2.45) is 5.73 Å². The first-order valence-electron chi connectivity index (χ1n) is 7.60. The monoisotopic (exact) mass is 352 g/mol. The predicted octanol–water partition coefficient (Wildman–Crippen LogP) is 1.04. The van der Waals surface area contributed by atoms with Gasteiger partial charge in [-0.05, 0) is 38.4 Å². The summed E-state index contributed by atoms with van der Waals surface area (Å²) >= 11 is 1.07.